The smallest absolute Gasteiger partial charge is 0.162 e. The molecule has 0 atom stereocenters. The minimum atomic E-state index is 0.170. The van der Waals surface area contributed by atoms with Crippen LogP contribution >= 0.6 is 0 Å². The van der Waals surface area contributed by atoms with Gasteiger partial charge in [0.15, 0.2) is 5.78 Å². The summed E-state index contributed by atoms with van der Waals surface area (Å²) in [6, 6.07) is 6.17. The van der Waals surface area contributed by atoms with Crippen LogP contribution in [0.15, 0.2) is 18.2 Å². The lowest BCUT2D eigenvalue weighted by atomic mass is 10.1. The van der Waals surface area contributed by atoms with Crippen molar-refractivity contribution in [3.05, 3.63) is 29.6 Å². The Labute approximate surface area is 101 Å². The van der Waals surface area contributed by atoms with Gasteiger partial charge >= 0.3 is 0 Å². The van der Waals surface area contributed by atoms with Gasteiger partial charge in [0, 0.05) is 18.0 Å². The van der Waals surface area contributed by atoms with E-state index in [0.29, 0.717) is 12.5 Å². The maximum atomic E-state index is 11.6. The van der Waals surface area contributed by atoms with Crippen LogP contribution in [-0.2, 0) is 0 Å². The zero-order chi connectivity index (χ0) is 12.6. The standard InChI is InChI=1S/C14H18N2O/c1-5-14(17)11-6-7-13-12(8-11)15-10(4)16(13)9(2)3/h6-9H,5H2,1-4H3. The number of benzene rings is 1. The number of ketones is 1. The van der Waals surface area contributed by atoms with Crippen molar-refractivity contribution >= 4 is 16.8 Å². The fourth-order valence-electron chi connectivity index (χ4n) is 2.25. The highest BCUT2D eigenvalue weighted by Crippen LogP contribution is 2.22. The van der Waals surface area contributed by atoms with Crippen LogP contribution in [0.5, 0.6) is 0 Å². The zero-order valence-corrected chi connectivity index (χ0v) is 10.8. The molecule has 1 aromatic carbocycles. The van der Waals surface area contributed by atoms with Gasteiger partial charge in [0.1, 0.15) is 5.82 Å². The first-order valence-corrected chi connectivity index (χ1v) is 6.06. The Morgan fingerprint density at radius 2 is 2.12 bits per heavy atom. The van der Waals surface area contributed by atoms with Gasteiger partial charge in [-0.1, -0.05) is 6.92 Å². The average Bonchev–Trinajstić information content (AvgIpc) is 2.62. The molecule has 0 aliphatic rings. The number of Topliss-reactive ketones (excluding diaryl/α,β-unsaturated/α-hetero) is 1. The molecule has 0 spiro atoms. The first-order valence-electron chi connectivity index (χ1n) is 6.06. The van der Waals surface area contributed by atoms with Gasteiger partial charge in [-0.15, -0.1) is 0 Å². The van der Waals surface area contributed by atoms with E-state index < -0.39 is 0 Å². The lowest BCUT2D eigenvalue weighted by Crippen LogP contribution is -2.02. The van der Waals surface area contributed by atoms with Crippen molar-refractivity contribution in [1.29, 1.82) is 0 Å². The van der Waals surface area contributed by atoms with Crippen molar-refractivity contribution in [2.24, 2.45) is 0 Å². The van der Waals surface area contributed by atoms with E-state index in [0.717, 1.165) is 22.4 Å². The fraction of sp³-hybridized carbons (Fsp3) is 0.429. The van der Waals surface area contributed by atoms with Crippen LogP contribution in [0.4, 0.5) is 0 Å². The zero-order valence-electron chi connectivity index (χ0n) is 10.8. The average molecular weight is 230 g/mol. The second-order valence-electron chi connectivity index (χ2n) is 4.60. The van der Waals surface area contributed by atoms with E-state index in [1.807, 2.05) is 32.0 Å². The van der Waals surface area contributed by atoms with Gasteiger partial charge in [-0.25, -0.2) is 4.98 Å². The van der Waals surface area contributed by atoms with E-state index in [4.69, 9.17) is 0 Å². The molecule has 17 heavy (non-hydrogen) atoms. The Kier molecular flexibility index (Phi) is 3.01. The highest BCUT2D eigenvalue weighted by Gasteiger charge is 2.12. The molecule has 1 aromatic heterocycles. The number of hydrogen-bond donors (Lipinski definition) is 0. The Morgan fingerprint density at radius 3 is 2.71 bits per heavy atom. The highest BCUT2D eigenvalue weighted by molar-refractivity contribution is 5.98. The maximum absolute atomic E-state index is 11.6. The number of hydrogen-bond acceptors (Lipinski definition) is 2. The molecule has 0 saturated carbocycles. The molecule has 0 amide bonds. The normalized spacial score (nSPS) is 11.4. The van der Waals surface area contributed by atoms with E-state index in [-0.39, 0.29) is 5.78 Å². The fourth-order valence-corrected chi connectivity index (χ4v) is 2.25. The van der Waals surface area contributed by atoms with Gasteiger partial charge in [-0.05, 0) is 39.0 Å². The summed E-state index contributed by atoms with van der Waals surface area (Å²) >= 11 is 0. The quantitative estimate of drug-likeness (QED) is 0.756. The Morgan fingerprint density at radius 1 is 1.41 bits per heavy atom. The van der Waals surface area contributed by atoms with Crippen molar-refractivity contribution < 1.29 is 4.79 Å². The topological polar surface area (TPSA) is 34.9 Å². The molecule has 3 heteroatoms. The second kappa shape index (κ2) is 4.32. The predicted molar refractivity (Wildman–Crippen MR) is 69.5 cm³/mol. The summed E-state index contributed by atoms with van der Waals surface area (Å²) in [5.41, 5.74) is 2.77. The molecule has 0 radical (unpaired) electrons. The molecule has 1 heterocycles. The summed E-state index contributed by atoms with van der Waals surface area (Å²) in [6.45, 7) is 8.16. The molecule has 0 aliphatic carbocycles. The van der Waals surface area contributed by atoms with Crippen molar-refractivity contribution in [1.82, 2.24) is 9.55 Å². The van der Waals surface area contributed by atoms with Crippen molar-refractivity contribution in [2.45, 2.75) is 40.2 Å². The van der Waals surface area contributed by atoms with Crippen molar-refractivity contribution in [2.75, 3.05) is 0 Å². The van der Waals surface area contributed by atoms with Crippen LogP contribution in [0, 0.1) is 6.92 Å². The number of imidazole rings is 1. The second-order valence-corrected chi connectivity index (χ2v) is 4.60. The molecule has 0 unspecified atom stereocenters. The molecule has 3 nitrogen and oxygen atoms in total. The van der Waals surface area contributed by atoms with Crippen LogP contribution in [-0.4, -0.2) is 15.3 Å². The SMILES string of the molecule is CCC(=O)c1ccc2c(c1)nc(C)n2C(C)C. The third kappa shape index (κ3) is 1.97. The molecule has 0 N–H and O–H groups in total. The summed E-state index contributed by atoms with van der Waals surface area (Å²) in [6.07, 6.45) is 0.537. The Balaban J connectivity index is 2.61. The number of aromatic nitrogens is 2. The van der Waals surface area contributed by atoms with Crippen LogP contribution in [0.2, 0.25) is 0 Å². The maximum Gasteiger partial charge on any atom is 0.162 e. The summed E-state index contributed by atoms with van der Waals surface area (Å²) in [5, 5.41) is 0. The predicted octanol–water partition coefficient (Wildman–Crippen LogP) is 3.52. The van der Waals surface area contributed by atoms with E-state index in [9.17, 15) is 4.79 Å². The number of fused-ring (bicyclic) bond motifs is 1. The van der Waals surface area contributed by atoms with E-state index in [1.54, 1.807) is 0 Å². The van der Waals surface area contributed by atoms with Crippen LogP contribution in [0.25, 0.3) is 11.0 Å². The van der Waals surface area contributed by atoms with Crippen LogP contribution < -0.4 is 0 Å². The monoisotopic (exact) mass is 230 g/mol. The summed E-state index contributed by atoms with van der Waals surface area (Å²) in [7, 11) is 0. The molecule has 0 fully saturated rings. The number of aryl methyl sites for hydroxylation is 1. The van der Waals surface area contributed by atoms with Crippen molar-refractivity contribution in [3.63, 3.8) is 0 Å². The molecule has 90 valence electrons. The molecular formula is C14H18N2O. The summed E-state index contributed by atoms with van der Waals surface area (Å²) in [5.74, 6) is 1.17. The lowest BCUT2D eigenvalue weighted by Gasteiger charge is -2.10. The summed E-state index contributed by atoms with van der Waals surface area (Å²) in [4.78, 5) is 16.2. The first kappa shape index (κ1) is 11.8. The lowest BCUT2D eigenvalue weighted by molar-refractivity contribution is 0.0988. The van der Waals surface area contributed by atoms with Gasteiger partial charge in [-0.3, -0.25) is 4.79 Å². The van der Waals surface area contributed by atoms with E-state index in [1.165, 1.54) is 0 Å². The number of carbonyl (C=O) groups is 1. The van der Waals surface area contributed by atoms with Crippen LogP contribution in [0.3, 0.4) is 0 Å². The molecule has 0 saturated heterocycles. The third-order valence-electron chi connectivity index (χ3n) is 3.03. The van der Waals surface area contributed by atoms with Gasteiger partial charge in [0.25, 0.3) is 0 Å². The largest absolute Gasteiger partial charge is 0.326 e. The molecule has 0 aliphatic heterocycles. The molecule has 2 aromatic rings. The molecule has 0 bridgehead atoms. The number of carbonyl (C=O) groups excluding carboxylic acids is 1. The minimum absolute atomic E-state index is 0.170. The molecule has 2 rings (SSSR count). The van der Waals surface area contributed by atoms with Gasteiger partial charge in [0.05, 0.1) is 11.0 Å². The van der Waals surface area contributed by atoms with Gasteiger partial charge in [0.2, 0.25) is 0 Å². The van der Waals surface area contributed by atoms with Crippen molar-refractivity contribution in [3.8, 4) is 0 Å². The van der Waals surface area contributed by atoms with E-state index in [2.05, 4.69) is 23.4 Å². The van der Waals surface area contributed by atoms with Gasteiger partial charge < -0.3 is 4.57 Å². The number of rotatable bonds is 3. The van der Waals surface area contributed by atoms with Gasteiger partial charge in [-0.2, -0.15) is 0 Å². The summed E-state index contributed by atoms with van der Waals surface area (Å²) < 4.78 is 2.19. The highest BCUT2D eigenvalue weighted by atomic mass is 16.1. The van der Waals surface area contributed by atoms with E-state index >= 15 is 0 Å². The minimum Gasteiger partial charge on any atom is -0.326 e. The molecular weight excluding hydrogens is 212 g/mol. The van der Waals surface area contributed by atoms with Crippen LogP contribution in [0.1, 0.15) is 49.4 Å². The Hall–Kier alpha value is -1.64. The first-order chi connectivity index (χ1) is 8.04. The third-order valence-corrected chi connectivity index (χ3v) is 3.03. The Bertz CT molecular complexity index is 567. The number of nitrogens with zero attached hydrogens (tertiary/aromatic N) is 2.